The highest BCUT2D eigenvalue weighted by Gasteiger charge is 2.34. The topological polar surface area (TPSA) is 166 Å². The number of aryl methyl sites for hydroxylation is 2. The Hall–Kier alpha value is -4.76. The van der Waals surface area contributed by atoms with E-state index in [1.54, 1.807) is 46.8 Å². The molecule has 6 heterocycles. The summed E-state index contributed by atoms with van der Waals surface area (Å²) in [7, 11) is 1.32. The third-order valence-corrected chi connectivity index (χ3v) is 18.8. The second-order valence-corrected chi connectivity index (χ2v) is 28.9. The van der Waals surface area contributed by atoms with Crippen LogP contribution in [0.25, 0.3) is 22.5 Å². The van der Waals surface area contributed by atoms with E-state index in [0.29, 0.717) is 72.9 Å². The number of aromatic nitrogens is 6. The number of hydrogen-bond acceptors (Lipinski definition) is 13. The van der Waals surface area contributed by atoms with Gasteiger partial charge in [0.25, 0.3) is 0 Å². The van der Waals surface area contributed by atoms with Crippen LogP contribution in [0.2, 0.25) is 0 Å². The lowest BCUT2D eigenvalue weighted by molar-refractivity contribution is -0.140. The molecule has 2 aliphatic heterocycles. The number of ether oxygens (including phenoxy) is 1. The summed E-state index contributed by atoms with van der Waals surface area (Å²) in [6.07, 6.45) is 2.75. The molecule has 2 saturated heterocycles. The number of carboxylic acid groups (broad SMARTS) is 1. The van der Waals surface area contributed by atoms with E-state index in [4.69, 9.17) is 15.1 Å². The summed E-state index contributed by atoms with van der Waals surface area (Å²) in [5, 5.41) is 19.4. The van der Waals surface area contributed by atoms with Crippen LogP contribution in [-0.2, 0) is 60.7 Å². The van der Waals surface area contributed by atoms with Crippen LogP contribution in [0.3, 0.4) is 0 Å². The molecular formula is C55H62Br2F6N8O6S4. The lowest BCUT2D eigenvalue weighted by Gasteiger charge is -2.31. The lowest BCUT2D eigenvalue weighted by Crippen LogP contribution is -2.40. The maximum atomic E-state index is 13.2. The van der Waals surface area contributed by atoms with Gasteiger partial charge >= 0.3 is 23.0 Å². The summed E-state index contributed by atoms with van der Waals surface area (Å²) in [6, 6.07) is 13.5. The third kappa shape index (κ3) is 17.6. The van der Waals surface area contributed by atoms with E-state index in [1.807, 2.05) is 65.5 Å². The molecule has 4 aromatic heterocycles. The molecule has 2 fully saturated rings. The lowest BCUT2D eigenvalue weighted by atomic mass is 9.86. The monoisotopic (exact) mass is 1330 g/mol. The summed E-state index contributed by atoms with van der Waals surface area (Å²) >= 11 is 9.94. The molecule has 0 aliphatic carbocycles. The minimum atomic E-state index is -4.39. The van der Waals surface area contributed by atoms with Gasteiger partial charge in [0, 0.05) is 70.3 Å². The van der Waals surface area contributed by atoms with Gasteiger partial charge in [0.05, 0.1) is 60.3 Å². The van der Waals surface area contributed by atoms with Crippen LogP contribution in [0.5, 0.6) is 0 Å². The Bertz CT molecular complexity index is 3260. The Morgan fingerprint density at radius 2 is 0.988 bits per heavy atom. The maximum absolute atomic E-state index is 13.2. The first-order valence-electron chi connectivity index (χ1n) is 25.8. The van der Waals surface area contributed by atoms with E-state index >= 15 is 0 Å². The average Bonchev–Trinajstić information content (AvgIpc) is 4.20. The molecule has 0 spiro atoms. The summed E-state index contributed by atoms with van der Waals surface area (Å²) in [5.74, 6) is -1.22. The Morgan fingerprint density at radius 3 is 1.32 bits per heavy atom. The number of carboxylic acids is 1. The van der Waals surface area contributed by atoms with E-state index in [0.717, 1.165) is 52.9 Å². The fraction of sp³-hybridized carbons (Fsp3) is 0.491. The Labute approximate surface area is 499 Å². The van der Waals surface area contributed by atoms with Crippen molar-refractivity contribution in [3.8, 4) is 22.5 Å². The zero-order valence-electron chi connectivity index (χ0n) is 46.0. The standard InChI is InChI=1S/C28H32BrF3N4O3S2.C27H30BrF3N4O3S2/c1-16-10-20(14-23(38)39-5)34-36(16)15-22(37)35-8-6-17(7-9-35)26-33-24(25(29)40-26)18-11-19(27(2,3)4)13-21(12-18)41-28(30,31)32;1-15-9-19(13-22(37)38)33-35(15)14-21(36)34-7-5-16(6-8-34)25-32-23(24(28)39-25)17-10-18(26(2,3)4)12-20(11-17)40-27(29,30)31/h10-13,17H,6-9,14-15H2,1-5H3;9-12,16H,5-8,13-14H2,1-4H3,(H,37,38). The Balaban J connectivity index is 0.000000234. The normalized spacial score (nSPS) is 15.0. The van der Waals surface area contributed by atoms with Crippen molar-refractivity contribution < 1.29 is 55.4 Å². The molecule has 0 radical (unpaired) electrons. The molecule has 8 rings (SSSR count). The number of esters is 1. The van der Waals surface area contributed by atoms with Gasteiger partial charge in [-0.05, 0) is 165 Å². The number of amides is 2. The first-order valence-corrected chi connectivity index (χ1v) is 30.6. The molecule has 26 heteroatoms. The smallest absolute Gasteiger partial charge is 0.446 e. The molecule has 2 aromatic carbocycles. The molecule has 438 valence electrons. The number of carbonyl (C=O) groups excluding carboxylic acids is 3. The number of aliphatic carboxylic acids is 1. The van der Waals surface area contributed by atoms with Crippen molar-refractivity contribution in [2.75, 3.05) is 33.3 Å². The predicted molar refractivity (Wildman–Crippen MR) is 310 cm³/mol. The molecule has 2 amide bonds. The predicted octanol–water partition coefficient (Wildman–Crippen LogP) is 14.1. The van der Waals surface area contributed by atoms with Gasteiger partial charge < -0.3 is 19.6 Å². The van der Waals surface area contributed by atoms with E-state index in [-0.39, 0.29) is 99.7 Å². The number of halogens is 8. The highest BCUT2D eigenvalue weighted by Crippen LogP contribution is 2.46. The second kappa shape index (κ2) is 26.0. The number of thiazole rings is 2. The molecule has 14 nitrogen and oxygen atoms in total. The number of methoxy groups -OCH3 is 1. The van der Waals surface area contributed by atoms with Gasteiger partial charge in [-0.3, -0.25) is 28.5 Å². The molecule has 0 atom stereocenters. The molecular weight excluding hydrogens is 1270 g/mol. The van der Waals surface area contributed by atoms with Gasteiger partial charge in [-0.15, -0.1) is 22.7 Å². The van der Waals surface area contributed by atoms with Crippen molar-refractivity contribution in [3.63, 3.8) is 0 Å². The van der Waals surface area contributed by atoms with Crippen LogP contribution in [-0.4, -0.2) is 112 Å². The highest BCUT2D eigenvalue weighted by molar-refractivity contribution is 9.11. The van der Waals surface area contributed by atoms with Gasteiger partial charge in [-0.2, -0.15) is 36.5 Å². The minimum Gasteiger partial charge on any atom is -0.481 e. The quantitative estimate of drug-likeness (QED) is 0.0624. The van der Waals surface area contributed by atoms with Crippen molar-refractivity contribution in [1.29, 1.82) is 0 Å². The van der Waals surface area contributed by atoms with Crippen LogP contribution in [0, 0.1) is 13.8 Å². The van der Waals surface area contributed by atoms with Crippen LogP contribution >= 0.6 is 78.1 Å². The first-order chi connectivity index (χ1) is 37.7. The van der Waals surface area contributed by atoms with E-state index in [9.17, 15) is 45.5 Å². The molecule has 0 unspecified atom stereocenters. The number of piperidine rings is 2. The van der Waals surface area contributed by atoms with Gasteiger partial charge in [0.1, 0.15) is 13.1 Å². The summed E-state index contributed by atoms with van der Waals surface area (Å²) in [6.45, 7) is 17.8. The van der Waals surface area contributed by atoms with Crippen LogP contribution in [0.4, 0.5) is 26.3 Å². The van der Waals surface area contributed by atoms with Crippen molar-refractivity contribution in [1.82, 2.24) is 39.3 Å². The first kappa shape index (κ1) is 63.8. The van der Waals surface area contributed by atoms with Crippen LogP contribution < -0.4 is 0 Å². The number of nitrogens with zero attached hydrogens (tertiary/aromatic N) is 8. The molecule has 6 aromatic rings. The highest BCUT2D eigenvalue weighted by atomic mass is 79.9. The van der Waals surface area contributed by atoms with Crippen molar-refractivity contribution >= 4 is 102 Å². The fourth-order valence-electron chi connectivity index (χ4n) is 9.29. The molecule has 81 heavy (non-hydrogen) atoms. The largest absolute Gasteiger partial charge is 0.481 e. The van der Waals surface area contributed by atoms with Crippen LogP contribution in [0.1, 0.15) is 123 Å². The number of rotatable bonds is 14. The summed E-state index contributed by atoms with van der Waals surface area (Å²) < 4.78 is 88.6. The minimum absolute atomic E-state index is 0.0471. The number of thioether (sulfide) groups is 2. The second-order valence-electron chi connectivity index (χ2n) is 21.9. The van der Waals surface area contributed by atoms with Crippen molar-refractivity contribution in [2.24, 2.45) is 0 Å². The SMILES string of the molecule is COC(=O)Cc1cc(C)n(CC(=O)N2CCC(c3nc(-c4cc(SC(F)(F)F)cc(C(C)(C)C)c4)c(Br)s3)CC2)n1.Cc1cc(CC(=O)O)nn1CC(=O)N1CCC(c2nc(-c3cc(SC(F)(F)F)cc(C(C)(C)C)c3)c(Br)s2)CC1. The zero-order chi connectivity index (χ0) is 59.5. The summed E-state index contributed by atoms with van der Waals surface area (Å²) in [5.41, 5.74) is -2.80. The Morgan fingerprint density at radius 1 is 0.617 bits per heavy atom. The van der Waals surface area contributed by atoms with E-state index < -0.39 is 17.0 Å². The number of alkyl halides is 6. The van der Waals surface area contributed by atoms with Gasteiger partial charge in [-0.25, -0.2) is 9.97 Å². The van der Waals surface area contributed by atoms with Gasteiger partial charge in [0.15, 0.2) is 0 Å². The Kier molecular flexibility index (Phi) is 20.5. The van der Waals surface area contributed by atoms with Crippen molar-refractivity contribution in [2.45, 2.75) is 150 Å². The van der Waals surface area contributed by atoms with Gasteiger partial charge in [-0.1, -0.05) is 41.5 Å². The fourth-order valence-corrected chi connectivity index (χ4v) is 14.2. The van der Waals surface area contributed by atoms with Crippen LogP contribution in [0.15, 0.2) is 65.9 Å². The average molecular weight is 1330 g/mol. The zero-order valence-corrected chi connectivity index (χ0v) is 52.4. The molecule has 2 aliphatic rings. The third-order valence-electron chi connectivity index (χ3n) is 13.7. The molecule has 0 bridgehead atoms. The number of carbonyl (C=O) groups is 4. The maximum Gasteiger partial charge on any atom is 0.446 e. The van der Waals surface area contributed by atoms with E-state index in [1.165, 1.54) is 40.5 Å². The van der Waals surface area contributed by atoms with Crippen molar-refractivity contribution in [3.05, 3.63) is 100 Å². The number of hydrogen-bond donors (Lipinski definition) is 1. The molecule has 0 saturated carbocycles. The van der Waals surface area contributed by atoms with Gasteiger partial charge in [0.2, 0.25) is 11.8 Å². The molecule has 1 N–H and O–H groups in total. The number of benzene rings is 2. The van der Waals surface area contributed by atoms with E-state index in [2.05, 4.69) is 46.8 Å². The number of likely N-dealkylation sites (tertiary alicyclic amines) is 2. The summed E-state index contributed by atoms with van der Waals surface area (Å²) in [4.78, 5) is 62.0.